The van der Waals surface area contributed by atoms with Gasteiger partial charge < -0.3 is 14.9 Å². The fourth-order valence-corrected chi connectivity index (χ4v) is 2.92. The van der Waals surface area contributed by atoms with Crippen molar-refractivity contribution in [3.05, 3.63) is 35.9 Å². The predicted molar refractivity (Wildman–Crippen MR) is 79.3 cm³/mol. The van der Waals surface area contributed by atoms with E-state index in [2.05, 4.69) is 19.1 Å². The van der Waals surface area contributed by atoms with Crippen LogP contribution in [0.3, 0.4) is 0 Å². The van der Waals surface area contributed by atoms with Crippen LogP contribution in [-0.2, 0) is 11.2 Å². The minimum absolute atomic E-state index is 0.0485. The first-order chi connectivity index (χ1) is 9.63. The van der Waals surface area contributed by atoms with Gasteiger partial charge in [0.1, 0.15) is 0 Å². The molecule has 112 valence electrons. The van der Waals surface area contributed by atoms with Gasteiger partial charge in [-0.2, -0.15) is 0 Å². The first kappa shape index (κ1) is 15.5. The highest BCUT2D eigenvalue weighted by Crippen LogP contribution is 2.34. The van der Waals surface area contributed by atoms with Gasteiger partial charge in [-0.3, -0.25) is 0 Å². The van der Waals surface area contributed by atoms with E-state index in [4.69, 9.17) is 9.84 Å². The van der Waals surface area contributed by atoms with Crippen LogP contribution >= 0.6 is 0 Å². The molecule has 3 heteroatoms. The molecule has 0 amide bonds. The molecule has 0 heterocycles. The molecule has 1 aliphatic rings. The summed E-state index contributed by atoms with van der Waals surface area (Å²) in [6, 6.07) is 10.2. The molecule has 1 aliphatic carbocycles. The van der Waals surface area contributed by atoms with E-state index in [0.29, 0.717) is 6.42 Å². The summed E-state index contributed by atoms with van der Waals surface area (Å²) in [6.45, 7) is 2.25. The van der Waals surface area contributed by atoms with Crippen LogP contribution in [0.25, 0.3) is 0 Å². The van der Waals surface area contributed by atoms with E-state index in [9.17, 15) is 5.11 Å². The third kappa shape index (κ3) is 4.30. The second kappa shape index (κ2) is 7.21. The van der Waals surface area contributed by atoms with Crippen molar-refractivity contribution < 1.29 is 14.9 Å². The van der Waals surface area contributed by atoms with Gasteiger partial charge in [0.05, 0.1) is 6.10 Å². The summed E-state index contributed by atoms with van der Waals surface area (Å²) >= 11 is 0. The summed E-state index contributed by atoms with van der Waals surface area (Å²) in [5.41, 5.74) is 1.21. The van der Waals surface area contributed by atoms with E-state index >= 15 is 0 Å². The van der Waals surface area contributed by atoms with Crippen molar-refractivity contribution in [2.45, 2.75) is 57.3 Å². The van der Waals surface area contributed by atoms with Crippen LogP contribution in [0.15, 0.2) is 30.3 Å². The largest absolute Gasteiger partial charge is 0.396 e. The van der Waals surface area contributed by atoms with Gasteiger partial charge in [-0.1, -0.05) is 37.3 Å². The van der Waals surface area contributed by atoms with Gasteiger partial charge in [-0.25, -0.2) is 0 Å². The highest BCUT2D eigenvalue weighted by atomic mass is 16.6. The van der Waals surface area contributed by atoms with Crippen LogP contribution in [0.4, 0.5) is 0 Å². The molecule has 1 saturated carbocycles. The Kier molecular flexibility index (Phi) is 5.58. The number of hydrogen-bond donors (Lipinski definition) is 2. The molecule has 0 spiro atoms. The second-order valence-corrected chi connectivity index (χ2v) is 5.99. The maximum atomic E-state index is 10.5. The van der Waals surface area contributed by atoms with Crippen molar-refractivity contribution in [1.29, 1.82) is 0 Å². The molecular formula is C17H26O3. The lowest BCUT2D eigenvalue weighted by Gasteiger charge is -2.32. The molecule has 20 heavy (non-hydrogen) atoms. The van der Waals surface area contributed by atoms with Gasteiger partial charge in [0.2, 0.25) is 0 Å². The molecule has 0 unspecified atom stereocenters. The summed E-state index contributed by atoms with van der Waals surface area (Å²) in [7, 11) is 0. The fraction of sp³-hybridized carbons (Fsp3) is 0.647. The highest BCUT2D eigenvalue weighted by Gasteiger charge is 2.36. The average Bonchev–Trinajstić information content (AvgIpc) is 2.86. The summed E-state index contributed by atoms with van der Waals surface area (Å²) in [6.07, 6.45) is 4.95. The SMILES string of the molecule is C[C@@H](CCO)[C@H](Cc1ccccc1)OC1(O)CCCC1. The molecular weight excluding hydrogens is 252 g/mol. The monoisotopic (exact) mass is 278 g/mol. The van der Waals surface area contributed by atoms with E-state index in [-0.39, 0.29) is 18.6 Å². The van der Waals surface area contributed by atoms with Crippen LogP contribution in [0.5, 0.6) is 0 Å². The van der Waals surface area contributed by atoms with E-state index in [1.165, 1.54) is 5.56 Å². The topological polar surface area (TPSA) is 49.7 Å². The Balaban J connectivity index is 2.04. The van der Waals surface area contributed by atoms with Gasteiger partial charge in [-0.15, -0.1) is 0 Å². The van der Waals surface area contributed by atoms with Crippen LogP contribution in [0.1, 0.15) is 44.6 Å². The first-order valence-electron chi connectivity index (χ1n) is 7.68. The quantitative estimate of drug-likeness (QED) is 0.754. The van der Waals surface area contributed by atoms with E-state index < -0.39 is 5.79 Å². The standard InChI is InChI=1S/C17H26O3/c1-14(9-12-18)16(13-15-7-3-2-4-8-15)20-17(19)10-5-6-11-17/h2-4,7-8,14,16,18-19H,5-6,9-13H2,1H3/t14-,16-/m0/s1. The van der Waals surface area contributed by atoms with Crippen molar-refractivity contribution >= 4 is 0 Å². The van der Waals surface area contributed by atoms with Crippen LogP contribution < -0.4 is 0 Å². The molecule has 2 atom stereocenters. The first-order valence-corrected chi connectivity index (χ1v) is 7.68. The number of aliphatic hydroxyl groups is 2. The number of benzene rings is 1. The van der Waals surface area contributed by atoms with E-state index in [1.807, 2.05) is 18.2 Å². The van der Waals surface area contributed by atoms with Crippen molar-refractivity contribution in [1.82, 2.24) is 0 Å². The summed E-state index contributed by atoms with van der Waals surface area (Å²) in [5, 5.41) is 19.6. The van der Waals surface area contributed by atoms with Crippen molar-refractivity contribution in [2.24, 2.45) is 5.92 Å². The predicted octanol–water partition coefficient (Wildman–Crippen LogP) is 2.90. The third-order valence-electron chi connectivity index (χ3n) is 4.25. The molecule has 1 fully saturated rings. The van der Waals surface area contributed by atoms with Crippen LogP contribution in [0, 0.1) is 5.92 Å². The minimum Gasteiger partial charge on any atom is -0.396 e. The molecule has 1 aromatic rings. The molecule has 1 aromatic carbocycles. The lowest BCUT2D eigenvalue weighted by Crippen LogP contribution is -2.38. The van der Waals surface area contributed by atoms with Crippen LogP contribution in [0.2, 0.25) is 0 Å². The summed E-state index contributed by atoms with van der Waals surface area (Å²) < 4.78 is 6.06. The number of aliphatic hydroxyl groups excluding tert-OH is 1. The van der Waals surface area contributed by atoms with Gasteiger partial charge >= 0.3 is 0 Å². The molecule has 0 saturated heterocycles. The molecule has 0 bridgehead atoms. The summed E-state index contributed by atoms with van der Waals surface area (Å²) in [4.78, 5) is 0. The maximum Gasteiger partial charge on any atom is 0.165 e. The molecule has 3 nitrogen and oxygen atoms in total. The highest BCUT2D eigenvalue weighted by molar-refractivity contribution is 5.15. The third-order valence-corrected chi connectivity index (χ3v) is 4.25. The van der Waals surface area contributed by atoms with Crippen molar-refractivity contribution in [3.8, 4) is 0 Å². The molecule has 2 rings (SSSR count). The number of hydrogen-bond acceptors (Lipinski definition) is 3. The number of ether oxygens (including phenoxy) is 1. The Morgan fingerprint density at radius 3 is 2.45 bits per heavy atom. The van der Waals surface area contributed by atoms with Crippen molar-refractivity contribution in [2.75, 3.05) is 6.61 Å². The van der Waals surface area contributed by atoms with E-state index in [1.54, 1.807) is 0 Å². The van der Waals surface area contributed by atoms with Gasteiger partial charge in [-0.05, 0) is 37.2 Å². The normalized spacial score (nSPS) is 20.8. The zero-order chi connectivity index (χ0) is 14.4. The fourth-order valence-electron chi connectivity index (χ4n) is 2.92. The molecule has 0 radical (unpaired) electrons. The number of rotatable bonds is 7. The zero-order valence-electron chi connectivity index (χ0n) is 12.3. The Labute approximate surface area is 121 Å². The molecule has 2 N–H and O–H groups in total. The summed E-state index contributed by atoms with van der Waals surface area (Å²) in [5.74, 6) is -0.729. The Bertz CT molecular complexity index is 384. The lowest BCUT2D eigenvalue weighted by atomic mass is 9.94. The Hall–Kier alpha value is -0.900. The van der Waals surface area contributed by atoms with Gasteiger partial charge in [0.25, 0.3) is 0 Å². The Morgan fingerprint density at radius 1 is 1.20 bits per heavy atom. The zero-order valence-corrected chi connectivity index (χ0v) is 12.3. The minimum atomic E-state index is -0.955. The second-order valence-electron chi connectivity index (χ2n) is 5.99. The molecule has 0 aromatic heterocycles. The smallest absolute Gasteiger partial charge is 0.165 e. The van der Waals surface area contributed by atoms with Crippen molar-refractivity contribution in [3.63, 3.8) is 0 Å². The lowest BCUT2D eigenvalue weighted by molar-refractivity contribution is -0.234. The van der Waals surface area contributed by atoms with Gasteiger partial charge in [0.15, 0.2) is 5.79 Å². The maximum absolute atomic E-state index is 10.5. The van der Waals surface area contributed by atoms with Crippen LogP contribution in [-0.4, -0.2) is 28.7 Å². The van der Waals surface area contributed by atoms with Gasteiger partial charge in [0, 0.05) is 19.4 Å². The van der Waals surface area contributed by atoms with E-state index in [0.717, 1.165) is 32.1 Å². The Morgan fingerprint density at radius 2 is 1.85 bits per heavy atom. The average molecular weight is 278 g/mol. The molecule has 0 aliphatic heterocycles.